The second-order valence-corrected chi connectivity index (χ2v) is 4.95. The lowest BCUT2D eigenvalue weighted by Gasteiger charge is -2.06. The Morgan fingerprint density at radius 3 is 2.46 bits per heavy atom. The van der Waals surface area contributed by atoms with Crippen LogP contribution in [-0.4, -0.2) is 19.8 Å². The number of aliphatic hydroxyl groups is 1. The molecule has 0 fully saturated rings. The Bertz CT molecular complexity index is 407. The van der Waals surface area contributed by atoms with E-state index < -0.39 is 9.84 Å². The number of hydrogen-bond acceptors (Lipinski definition) is 3. The molecule has 0 bridgehead atoms. The number of sulfone groups is 1. The number of hydrogen-bond donors (Lipinski definition) is 1. The maximum absolute atomic E-state index is 11.2. The van der Waals surface area contributed by atoms with E-state index in [1.54, 1.807) is 25.1 Å². The molecule has 1 N–H and O–H groups in total. The molecule has 0 aromatic heterocycles. The van der Waals surface area contributed by atoms with E-state index in [1.807, 2.05) is 0 Å². The van der Waals surface area contributed by atoms with E-state index in [1.165, 1.54) is 0 Å². The topological polar surface area (TPSA) is 54.4 Å². The van der Waals surface area contributed by atoms with E-state index in [0.717, 1.165) is 6.26 Å². The zero-order valence-electron chi connectivity index (χ0n) is 7.61. The summed E-state index contributed by atoms with van der Waals surface area (Å²) < 4.78 is 22.5. The average molecular weight is 200 g/mol. The van der Waals surface area contributed by atoms with Crippen molar-refractivity contribution in [3.63, 3.8) is 0 Å². The van der Waals surface area contributed by atoms with E-state index in [-0.39, 0.29) is 6.61 Å². The van der Waals surface area contributed by atoms with Crippen LogP contribution in [0, 0.1) is 6.92 Å². The summed E-state index contributed by atoms with van der Waals surface area (Å²) in [6.45, 7) is 1.57. The van der Waals surface area contributed by atoms with Gasteiger partial charge < -0.3 is 5.11 Å². The van der Waals surface area contributed by atoms with Gasteiger partial charge in [0.15, 0.2) is 9.84 Å². The summed E-state index contributed by atoms with van der Waals surface area (Å²) in [4.78, 5) is 0.291. The van der Waals surface area contributed by atoms with Crippen molar-refractivity contribution in [1.82, 2.24) is 0 Å². The molecule has 0 radical (unpaired) electrons. The van der Waals surface area contributed by atoms with Gasteiger partial charge in [0, 0.05) is 6.26 Å². The Balaban J connectivity index is 3.41. The predicted molar refractivity (Wildman–Crippen MR) is 50.2 cm³/mol. The highest BCUT2D eigenvalue weighted by Gasteiger charge is 2.11. The van der Waals surface area contributed by atoms with Gasteiger partial charge in [-0.15, -0.1) is 0 Å². The summed E-state index contributed by atoms with van der Waals surface area (Å²) in [5.74, 6) is 0. The van der Waals surface area contributed by atoms with Gasteiger partial charge in [-0.05, 0) is 24.1 Å². The van der Waals surface area contributed by atoms with Crippen LogP contribution < -0.4 is 0 Å². The third-order valence-corrected chi connectivity index (χ3v) is 3.21. The van der Waals surface area contributed by atoms with Crippen LogP contribution in [0.4, 0.5) is 0 Å². The summed E-state index contributed by atoms with van der Waals surface area (Å²) in [5, 5.41) is 8.91. The highest BCUT2D eigenvalue weighted by atomic mass is 32.2. The number of rotatable bonds is 2. The molecular formula is C9H12O3S. The number of benzene rings is 1. The van der Waals surface area contributed by atoms with Crippen LogP contribution in [0.15, 0.2) is 23.1 Å². The van der Waals surface area contributed by atoms with Gasteiger partial charge in [-0.25, -0.2) is 8.42 Å². The van der Waals surface area contributed by atoms with Crippen molar-refractivity contribution in [2.24, 2.45) is 0 Å². The summed E-state index contributed by atoms with van der Waals surface area (Å²) in [5.41, 5.74) is 1.29. The average Bonchev–Trinajstić information content (AvgIpc) is 2.02. The van der Waals surface area contributed by atoms with E-state index in [9.17, 15) is 8.42 Å². The van der Waals surface area contributed by atoms with Crippen molar-refractivity contribution >= 4 is 9.84 Å². The maximum atomic E-state index is 11.2. The summed E-state index contributed by atoms with van der Waals surface area (Å²) in [7, 11) is -3.18. The first-order valence-electron chi connectivity index (χ1n) is 3.86. The van der Waals surface area contributed by atoms with E-state index in [0.29, 0.717) is 16.0 Å². The second-order valence-electron chi connectivity index (χ2n) is 2.97. The molecule has 1 aromatic rings. The first kappa shape index (κ1) is 10.2. The molecule has 1 rings (SSSR count). The molecule has 0 saturated carbocycles. The fourth-order valence-electron chi connectivity index (χ4n) is 1.23. The lowest BCUT2D eigenvalue weighted by molar-refractivity contribution is 0.280. The molecule has 0 aliphatic carbocycles. The summed E-state index contributed by atoms with van der Waals surface area (Å²) >= 11 is 0. The normalized spacial score (nSPS) is 11.6. The van der Waals surface area contributed by atoms with Crippen LogP contribution in [0.5, 0.6) is 0 Å². The SMILES string of the molecule is Cc1c(CO)cccc1S(C)(=O)=O. The lowest BCUT2D eigenvalue weighted by Crippen LogP contribution is -2.02. The highest BCUT2D eigenvalue weighted by Crippen LogP contribution is 2.18. The predicted octanol–water partition coefficient (Wildman–Crippen LogP) is 0.891. The van der Waals surface area contributed by atoms with Gasteiger partial charge in [0.05, 0.1) is 11.5 Å². The van der Waals surface area contributed by atoms with Crippen LogP contribution in [0.2, 0.25) is 0 Å². The van der Waals surface area contributed by atoms with Gasteiger partial charge >= 0.3 is 0 Å². The van der Waals surface area contributed by atoms with Crippen molar-refractivity contribution in [3.8, 4) is 0 Å². The van der Waals surface area contributed by atoms with Gasteiger partial charge in [-0.2, -0.15) is 0 Å². The molecule has 1 aromatic carbocycles. The standard InChI is InChI=1S/C9H12O3S/c1-7-8(6-10)4-3-5-9(7)13(2,11)12/h3-5,10H,6H2,1-2H3. The molecule has 13 heavy (non-hydrogen) atoms. The fraction of sp³-hybridized carbons (Fsp3) is 0.333. The maximum Gasteiger partial charge on any atom is 0.175 e. The highest BCUT2D eigenvalue weighted by molar-refractivity contribution is 7.90. The third-order valence-electron chi connectivity index (χ3n) is 1.97. The molecule has 0 heterocycles. The van der Waals surface area contributed by atoms with Crippen molar-refractivity contribution in [2.45, 2.75) is 18.4 Å². The molecular weight excluding hydrogens is 188 g/mol. The molecule has 72 valence electrons. The zero-order valence-corrected chi connectivity index (χ0v) is 8.43. The fourth-order valence-corrected chi connectivity index (χ4v) is 2.25. The van der Waals surface area contributed by atoms with E-state index in [2.05, 4.69) is 0 Å². The largest absolute Gasteiger partial charge is 0.392 e. The van der Waals surface area contributed by atoms with Crippen molar-refractivity contribution in [1.29, 1.82) is 0 Å². The van der Waals surface area contributed by atoms with Gasteiger partial charge in [0.25, 0.3) is 0 Å². The first-order valence-corrected chi connectivity index (χ1v) is 5.75. The summed E-state index contributed by atoms with van der Waals surface area (Å²) in [6.07, 6.45) is 1.16. The molecule has 4 heteroatoms. The Kier molecular flexibility index (Phi) is 2.73. The monoisotopic (exact) mass is 200 g/mol. The number of aliphatic hydroxyl groups excluding tert-OH is 1. The molecule has 0 atom stereocenters. The smallest absolute Gasteiger partial charge is 0.175 e. The Hall–Kier alpha value is -0.870. The molecule has 0 spiro atoms. The molecule has 0 saturated heterocycles. The summed E-state index contributed by atoms with van der Waals surface area (Å²) in [6, 6.07) is 4.89. The van der Waals surface area contributed by atoms with Gasteiger partial charge in [-0.1, -0.05) is 12.1 Å². The van der Waals surface area contributed by atoms with E-state index >= 15 is 0 Å². The molecule has 0 aliphatic heterocycles. The van der Waals surface area contributed by atoms with E-state index in [4.69, 9.17) is 5.11 Å². The van der Waals surface area contributed by atoms with Gasteiger partial charge in [-0.3, -0.25) is 0 Å². The minimum Gasteiger partial charge on any atom is -0.392 e. The second kappa shape index (κ2) is 3.47. The van der Waals surface area contributed by atoms with Gasteiger partial charge in [0.1, 0.15) is 0 Å². The first-order chi connectivity index (χ1) is 5.96. The minimum absolute atomic E-state index is 0.130. The van der Waals surface area contributed by atoms with Gasteiger partial charge in [0.2, 0.25) is 0 Å². The van der Waals surface area contributed by atoms with Crippen LogP contribution in [-0.2, 0) is 16.4 Å². The van der Waals surface area contributed by atoms with Crippen LogP contribution in [0.3, 0.4) is 0 Å². The Morgan fingerprint density at radius 2 is 2.00 bits per heavy atom. The zero-order chi connectivity index (χ0) is 10.1. The third kappa shape index (κ3) is 2.08. The molecule has 0 amide bonds. The van der Waals surface area contributed by atoms with Crippen molar-refractivity contribution < 1.29 is 13.5 Å². The van der Waals surface area contributed by atoms with Crippen LogP contribution >= 0.6 is 0 Å². The molecule has 3 nitrogen and oxygen atoms in total. The van der Waals surface area contributed by atoms with Crippen molar-refractivity contribution in [3.05, 3.63) is 29.3 Å². The molecule has 0 unspecified atom stereocenters. The quantitative estimate of drug-likeness (QED) is 0.771. The van der Waals surface area contributed by atoms with Crippen LogP contribution in [0.1, 0.15) is 11.1 Å². The minimum atomic E-state index is -3.18. The molecule has 0 aliphatic rings. The van der Waals surface area contributed by atoms with Crippen LogP contribution in [0.25, 0.3) is 0 Å². The Morgan fingerprint density at radius 1 is 1.38 bits per heavy atom. The Labute approximate surface area is 77.9 Å². The lowest BCUT2D eigenvalue weighted by atomic mass is 10.1. The van der Waals surface area contributed by atoms with Crippen molar-refractivity contribution in [2.75, 3.05) is 6.26 Å².